The summed E-state index contributed by atoms with van der Waals surface area (Å²) in [6.07, 6.45) is 3.03. The van der Waals surface area contributed by atoms with Crippen LogP contribution in [0.3, 0.4) is 0 Å². The van der Waals surface area contributed by atoms with Crippen molar-refractivity contribution >= 4 is 53.0 Å². The van der Waals surface area contributed by atoms with Crippen LogP contribution in [-0.4, -0.2) is 96.5 Å². The van der Waals surface area contributed by atoms with E-state index in [-0.39, 0.29) is 66.3 Å². The number of Topliss-reactive ketones (excluding diaryl/α,β-unsaturated/α-hetero) is 3. The first kappa shape index (κ1) is 114. The van der Waals surface area contributed by atoms with Crippen LogP contribution in [0, 0.1) is 55.2 Å². The molecule has 0 aliphatic rings. The maximum atomic E-state index is 11.7. The van der Waals surface area contributed by atoms with Crippen molar-refractivity contribution in [3.8, 4) is 0 Å². The SMILES string of the molecule is CC(=O)CC(C)(C)C.CC(C)(C)C(=O)C(C)(C)C.CC(C)(C)CC(C)(C)C.CC(C)(C)CS(=O)(=O)C(C)(C)C.CC(C)(C)NC(=O)C(C)(C)C.CC(C)(C)NS(=O)(=O)C(C)(C)C.CC(C)C.CC(C)CC(=O)C(C)(C)C.CC(C)OC(C)(C)C.CC(C)S(=O)(=O)C(C)(C)C. The zero-order chi connectivity index (χ0) is 80.1. The summed E-state index contributed by atoms with van der Waals surface area (Å²) in [7, 11) is -9.08. The van der Waals surface area contributed by atoms with Gasteiger partial charge in [0.05, 0.1) is 36.9 Å². The fourth-order valence-corrected chi connectivity index (χ4v) is 11.5. The van der Waals surface area contributed by atoms with Crippen molar-refractivity contribution in [1.82, 2.24) is 10.0 Å². The van der Waals surface area contributed by atoms with Crippen molar-refractivity contribution in [1.29, 1.82) is 0 Å². The third-order valence-electron chi connectivity index (χ3n) is 10.7. The Morgan fingerprint density at radius 3 is 0.745 bits per heavy atom. The molecule has 0 aromatic carbocycles. The number of amides is 1. The van der Waals surface area contributed by atoms with E-state index in [4.69, 9.17) is 4.74 Å². The summed E-state index contributed by atoms with van der Waals surface area (Å²) in [5, 5.41) is 2.65. The fraction of sp³-hybridized carbons (Fsp3) is 0.949. The number of hydrogen-bond acceptors (Lipinski definition) is 11. The third-order valence-corrected chi connectivity index (χ3v) is 19.2. The average molecular weight is 1410 g/mol. The van der Waals surface area contributed by atoms with Gasteiger partial charge in [0.25, 0.3) is 0 Å². The van der Waals surface area contributed by atoms with Gasteiger partial charge in [0.1, 0.15) is 17.3 Å². The highest BCUT2D eigenvalue weighted by Crippen LogP contribution is 2.32. The summed E-state index contributed by atoms with van der Waals surface area (Å²) in [6, 6.07) is 0. The Balaban J connectivity index is -0.000000105. The van der Waals surface area contributed by atoms with E-state index in [9.17, 15) is 44.4 Å². The minimum atomic E-state index is -3.21. The highest BCUT2D eigenvalue weighted by molar-refractivity contribution is 7.93. The van der Waals surface area contributed by atoms with Crippen molar-refractivity contribution < 1.29 is 49.2 Å². The van der Waals surface area contributed by atoms with Gasteiger partial charge in [-0.2, -0.15) is 0 Å². The van der Waals surface area contributed by atoms with Gasteiger partial charge >= 0.3 is 0 Å². The Hall–Kier alpha value is -1.75. The number of carbonyl (C=O) groups is 4. The highest BCUT2D eigenvalue weighted by Gasteiger charge is 2.35. The Morgan fingerprint density at radius 2 is 0.702 bits per heavy atom. The second-order valence-electron chi connectivity index (χ2n) is 41.9. The number of nitrogens with one attached hydrogen (secondary N) is 2. The largest absolute Gasteiger partial charge is 0.373 e. The molecule has 0 heterocycles. The summed E-state index contributed by atoms with van der Waals surface area (Å²) < 4.78 is 75.2. The van der Waals surface area contributed by atoms with Crippen molar-refractivity contribution in [3.63, 3.8) is 0 Å². The molecule has 0 unspecified atom stereocenters. The van der Waals surface area contributed by atoms with E-state index < -0.39 is 49.5 Å². The molecule has 1 amide bonds. The van der Waals surface area contributed by atoms with E-state index in [1.807, 2.05) is 159 Å². The van der Waals surface area contributed by atoms with Gasteiger partial charge in [-0.25, -0.2) is 30.0 Å². The third kappa shape index (κ3) is 84.5. The van der Waals surface area contributed by atoms with Crippen LogP contribution in [0.15, 0.2) is 0 Å². The Morgan fingerprint density at radius 1 is 0.394 bits per heavy atom. The molecule has 0 saturated heterocycles. The predicted molar refractivity (Wildman–Crippen MR) is 418 cm³/mol. The monoisotopic (exact) mass is 1410 g/mol. The standard InChI is InChI=1S/C9H19NO.C9H20O2S.2C9H18O.C9H20.C8H19NO2S.C7H16O2S.C7H14O.C7H16O.C4H10/c1-8(2,3)7(11)10-9(4,5)6;1-8(2,3)7-12(10,11)9(4,5)6;1-8(2,3)7(10)9(4,5)6;1-7(2)6-8(10)9(3,4)5;1-8(2,3)7-9(4,5)6;1-7(2,3)9-12(10,11)8(4,5)6;1-6(2)10(8,9)7(3,4)5;1-6(8)5-7(2,3)4;1-6(2)8-7(3,4)5;1-4(2)3/h1-6H3,(H,10,11);7H2,1-6H3;1-6H3;7H,6H2,1-5H3;7H2,1-6H3;9H,1-6H3;6H,1-5H3;5H2,1-4H3;6H,1-5H3;4H,1-3H3. The molecular weight excluding hydrogens is 1240 g/mol. The van der Waals surface area contributed by atoms with Gasteiger partial charge in [-0.15, -0.1) is 0 Å². The van der Waals surface area contributed by atoms with Gasteiger partial charge < -0.3 is 14.8 Å². The molecule has 0 atom stereocenters. The van der Waals surface area contributed by atoms with E-state index in [0.29, 0.717) is 47.3 Å². The lowest BCUT2D eigenvalue weighted by Crippen LogP contribution is -2.48. The molecular formula is C78H170N2O11S3. The number of rotatable bonds is 7. The Kier molecular flexibility index (Phi) is 52.1. The first-order valence-corrected chi connectivity index (χ1v) is 39.3. The van der Waals surface area contributed by atoms with E-state index in [0.717, 1.165) is 5.92 Å². The lowest BCUT2D eigenvalue weighted by Gasteiger charge is -2.28. The summed E-state index contributed by atoms with van der Waals surface area (Å²) in [6.45, 7) is 102. The molecule has 0 aliphatic heterocycles. The normalized spacial score (nSPS) is 13.3. The first-order chi connectivity index (χ1) is 39.5. The topological polar surface area (TPSA) is 204 Å². The maximum Gasteiger partial charge on any atom is 0.225 e. The maximum absolute atomic E-state index is 11.7. The average Bonchev–Trinajstić information content (AvgIpc) is 3.13. The number of hydrogen-bond donors (Lipinski definition) is 2. The lowest BCUT2D eigenvalue weighted by molar-refractivity contribution is -0.134. The highest BCUT2D eigenvalue weighted by atomic mass is 32.2. The zero-order valence-electron chi connectivity index (χ0n) is 72.9. The van der Waals surface area contributed by atoms with Crippen LogP contribution in [0.4, 0.5) is 0 Å². The molecule has 0 aromatic rings. The predicted octanol–water partition coefficient (Wildman–Crippen LogP) is 22.0. The fourth-order valence-electron chi connectivity index (χ4n) is 7.42. The number of sulfonamides is 1. The van der Waals surface area contributed by atoms with Gasteiger partial charge in [0.15, 0.2) is 19.7 Å². The van der Waals surface area contributed by atoms with Gasteiger partial charge in [0, 0.05) is 45.6 Å². The van der Waals surface area contributed by atoms with Crippen LogP contribution in [0.5, 0.6) is 0 Å². The summed E-state index contributed by atoms with van der Waals surface area (Å²) in [4.78, 5) is 44.6. The van der Waals surface area contributed by atoms with Gasteiger partial charge in [-0.1, -0.05) is 201 Å². The lowest BCUT2D eigenvalue weighted by atomic mass is 9.76. The van der Waals surface area contributed by atoms with E-state index >= 15 is 0 Å². The first-order valence-electron chi connectivity index (χ1n) is 34.6. The number of carbonyl (C=O) groups excluding carboxylic acids is 4. The van der Waals surface area contributed by atoms with Crippen LogP contribution in [0.2, 0.25) is 0 Å². The molecule has 13 nitrogen and oxygen atoms in total. The summed E-state index contributed by atoms with van der Waals surface area (Å²) in [5.74, 6) is 2.64. The van der Waals surface area contributed by atoms with Crippen LogP contribution in [0.1, 0.15) is 379 Å². The summed E-state index contributed by atoms with van der Waals surface area (Å²) in [5.41, 5.74) is -0.326. The molecule has 576 valence electrons. The molecule has 94 heavy (non-hydrogen) atoms. The Bertz CT molecular complexity index is 2310. The molecule has 0 saturated carbocycles. The molecule has 16 heteroatoms. The van der Waals surface area contributed by atoms with Crippen molar-refractivity contribution in [3.05, 3.63) is 0 Å². The molecule has 0 aromatic heterocycles. The van der Waals surface area contributed by atoms with Gasteiger partial charge in [0.2, 0.25) is 15.9 Å². The molecule has 2 N–H and O–H groups in total. The molecule has 0 spiro atoms. The quantitative estimate of drug-likeness (QED) is 0.245. The van der Waals surface area contributed by atoms with Crippen molar-refractivity contribution in [2.75, 3.05) is 5.75 Å². The molecule has 0 rings (SSSR count). The van der Waals surface area contributed by atoms with Crippen LogP contribution >= 0.6 is 0 Å². The minimum Gasteiger partial charge on any atom is -0.373 e. The minimum absolute atomic E-state index is 0.0220. The van der Waals surface area contributed by atoms with E-state index in [1.54, 1.807) is 83.1 Å². The molecule has 0 radical (unpaired) electrons. The van der Waals surface area contributed by atoms with Gasteiger partial charge in [-0.05, 0) is 199 Å². The van der Waals surface area contributed by atoms with Crippen LogP contribution < -0.4 is 10.0 Å². The van der Waals surface area contributed by atoms with Crippen LogP contribution in [0.25, 0.3) is 0 Å². The number of ether oxygens (including phenoxy) is 1. The van der Waals surface area contributed by atoms with Crippen molar-refractivity contribution in [2.45, 2.75) is 422 Å². The summed E-state index contributed by atoms with van der Waals surface area (Å²) >= 11 is 0. The molecule has 0 bridgehead atoms. The smallest absolute Gasteiger partial charge is 0.225 e. The van der Waals surface area contributed by atoms with E-state index in [1.165, 1.54) is 6.42 Å². The van der Waals surface area contributed by atoms with Crippen molar-refractivity contribution in [2.24, 2.45) is 55.2 Å². The number of sulfone groups is 2. The number of ketones is 3. The molecule has 0 fully saturated rings. The van der Waals surface area contributed by atoms with E-state index in [2.05, 4.69) is 128 Å². The van der Waals surface area contributed by atoms with Crippen LogP contribution in [-0.2, 0) is 53.6 Å². The zero-order valence-corrected chi connectivity index (χ0v) is 75.3. The Labute approximate surface area is 591 Å². The second kappa shape index (κ2) is 43.1. The molecule has 0 aliphatic carbocycles. The van der Waals surface area contributed by atoms with Gasteiger partial charge in [-0.3, -0.25) is 14.4 Å². The second-order valence-corrected chi connectivity index (χ2v) is 50.3.